The largest absolute Gasteiger partial charge is 1.00 e. The molecule has 0 aliphatic rings. The van der Waals surface area contributed by atoms with Crippen molar-refractivity contribution in [2.75, 3.05) is 0 Å². The Bertz CT molecular complexity index is 467. The topological polar surface area (TPSA) is 54.4 Å². The van der Waals surface area contributed by atoms with Crippen LogP contribution < -0.4 is 29.6 Å². The van der Waals surface area contributed by atoms with Gasteiger partial charge in [-0.15, -0.1) is 0 Å². The van der Waals surface area contributed by atoms with Crippen molar-refractivity contribution in [3.63, 3.8) is 0 Å². The van der Waals surface area contributed by atoms with E-state index >= 15 is 0 Å². The molecule has 0 fully saturated rings. The Morgan fingerprint density at radius 2 is 1.82 bits per heavy atom. The van der Waals surface area contributed by atoms with E-state index in [1.54, 1.807) is 0 Å². The quantitative estimate of drug-likeness (QED) is 0.608. The second-order valence-corrected chi connectivity index (χ2v) is 5.46. The number of hydrogen-bond donors (Lipinski definition) is 1. The zero-order valence-corrected chi connectivity index (χ0v) is 13.2. The van der Waals surface area contributed by atoms with Gasteiger partial charge in [-0.3, -0.25) is 4.55 Å². The summed E-state index contributed by atoms with van der Waals surface area (Å²) in [4.78, 5) is 0. The minimum absolute atomic E-state index is 0. The minimum Gasteiger partial charge on any atom is -1.00 e. The zero-order chi connectivity index (χ0) is 12.2. The third kappa shape index (κ3) is 7.73. The van der Waals surface area contributed by atoms with E-state index in [4.69, 9.17) is 4.55 Å². The van der Waals surface area contributed by atoms with E-state index in [2.05, 4.69) is 13.8 Å². The van der Waals surface area contributed by atoms with Crippen molar-refractivity contribution in [2.24, 2.45) is 5.92 Å². The molecule has 0 heterocycles. The van der Waals surface area contributed by atoms with Crippen molar-refractivity contribution in [1.82, 2.24) is 0 Å². The van der Waals surface area contributed by atoms with Crippen LogP contribution in [0.15, 0.2) is 29.7 Å². The molecule has 0 aliphatic heterocycles. The van der Waals surface area contributed by atoms with Gasteiger partial charge in [0, 0.05) is 0 Å². The van der Waals surface area contributed by atoms with Gasteiger partial charge in [0.1, 0.15) is 0 Å². The third-order valence-electron chi connectivity index (χ3n) is 2.06. The molecule has 0 bridgehead atoms. The average Bonchev–Trinajstić information content (AvgIpc) is 2.14. The van der Waals surface area contributed by atoms with Crippen molar-refractivity contribution in [3.05, 3.63) is 40.8 Å². The Morgan fingerprint density at radius 3 is 2.24 bits per heavy atom. The van der Waals surface area contributed by atoms with E-state index in [-0.39, 0.29) is 31.0 Å². The molecule has 5 heteroatoms. The van der Waals surface area contributed by atoms with Crippen LogP contribution >= 0.6 is 0 Å². The number of benzene rings is 1. The number of hydrogen-bond acceptors (Lipinski definition) is 2. The monoisotopic (exact) mass is 264 g/mol. The Hall–Kier alpha value is -0.130. The smallest absolute Gasteiger partial charge is 1.00 e. The summed E-state index contributed by atoms with van der Waals surface area (Å²) in [6.45, 7) is 4.29. The molecule has 0 radical (unpaired) electrons. The summed E-state index contributed by atoms with van der Waals surface area (Å²) < 4.78 is 29.5. The Labute approximate surface area is 126 Å². The van der Waals surface area contributed by atoms with Gasteiger partial charge in [-0.25, -0.2) is 0 Å². The van der Waals surface area contributed by atoms with Gasteiger partial charge in [0.15, 0.2) is 0 Å². The fourth-order valence-corrected chi connectivity index (χ4v) is 1.73. The summed E-state index contributed by atoms with van der Waals surface area (Å²) in [5, 5.41) is 0.782. The van der Waals surface area contributed by atoms with E-state index < -0.39 is 10.1 Å². The first-order chi connectivity index (χ1) is 7.37. The second kappa shape index (κ2) is 7.34. The summed E-state index contributed by atoms with van der Waals surface area (Å²) in [6, 6.07) is 7.59. The third-order valence-corrected chi connectivity index (χ3v) is 2.54. The molecule has 0 aromatic heterocycles. The predicted molar refractivity (Wildman–Crippen MR) is 66.7 cm³/mol. The van der Waals surface area contributed by atoms with Crippen molar-refractivity contribution in [2.45, 2.75) is 20.3 Å². The maximum absolute atomic E-state index is 10.5. The molecule has 17 heavy (non-hydrogen) atoms. The molecule has 90 valence electrons. The summed E-state index contributed by atoms with van der Waals surface area (Å²) in [5.74, 6) is 0.596. The molecule has 1 N–H and O–H groups in total. The molecule has 0 unspecified atom stereocenters. The normalized spacial score (nSPS) is 11.8. The van der Waals surface area contributed by atoms with Crippen molar-refractivity contribution < 1.29 is 44.0 Å². The fraction of sp³-hybridized carbons (Fsp3) is 0.333. The van der Waals surface area contributed by atoms with Crippen LogP contribution in [0.5, 0.6) is 0 Å². The predicted octanol–water partition coefficient (Wildman–Crippen LogP) is -0.140. The van der Waals surface area contributed by atoms with Gasteiger partial charge >= 0.3 is 29.6 Å². The molecule has 0 saturated heterocycles. The first kappa shape index (κ1) is 16.9. The number of rotatable bonds is 4. The molecule has 3 nitrogen and oxygen atoms in total. The van der Waals surface area contributed by atoms with Gasteiger partial charge in [0.25, 0.3) is 10.1 Å². The molecule has 0 spiro atoms. The molecule has 0 amide bonds. The van der Waals surface area contributed by atoms with Crippen molar-refractivity contribution in [1.29, 1.82) is 0 Å². The molecular weight excluding hydrogens is 247 g/mol. The van der Waals surface area contributed by atoms with Gasteiger partial charge in [0.2, 0.25) is 0 Å². The first-order valence-electron chi connectivity index (χ1n) is 5.11. The molecule has 0 atom stereocenters. The van der Waals surface area contributed by atoms with E-state index in [0.29, 0.717) is 5.92 Å². The minimum atomic E-state index is -4.03. The van der Waals surface area contributed by atoms with Crippen molar-refractivity contribution in [3.8, 4) is 0 Å². The summed E-state index contributed by atoms with van der Waals surface area (Å²) >= 11 is 0. The molecule has 0 aliphatic carbocycles. The van der Waals surface area contributed by atoms with E-state index in [1.165, 1.54) is 11.6 Å². The summed E-state index contributed by atoms with van der Waals surface area (Å²) in [5.41, 5.74) is 1.98. The zero-order valence-electron chi connectivity index (χ0n) is 11.4. The van der Waals surface area contributed by atoms with Gasteiger partial charge in [-0.1, -0.05) is 38.1 Å². The second-order valence-electron chi connectivity index (χ2n) is 4.16. The van der Waals surface area contributed by atoms with Crippen LogP contribution in [0.3, 0.4) is 0 Å². The Balaban J connectivity index is 0. The maximum Gasteiger partial charge on any atom is 1.00 e. The molecular formula is C12H17NaO3S. The fourth-order valence-electron chi connectivity index (χ4n) is 1.40. The Kier molecular flexibility index (Phi) is 7.28. The van der Waals surface area contributed by atoms with Gasteiger partial charge in [0.05, 0.1) is 5.41 Å². The van der Waals surface area contributed by atoms with Crippen LogP contribution in [0, 0.1) is 5.92 Å². The van der Waals surface area contributed by atoms with E-state index in [1.807, 2.05) is 24.3 Å². The molecule has 1 aromatic rings. The van der Waals surface area contributed by atoms with Crippen molar-refractivity contribution >= 4 is 16.2 Å². The van der Waals surface area contributed by atoms with E-state index in [9.17, 15) is 8.42 Å². The average molecular weight is 264 g/mol. The van der Waals surface area contributed by atoms with Crippen LogP contribution in [0.25, 0.3) is 6.08 Å². The Morgan fingerprint density at radius 1 is 1.29 bits per heavy atom. The molecule has 0 saturated carbocycles. The summed E-state index contributed by atoms with van der Waals surface area (Å²) in [6.07, 6.45) is 2.37. The van der Waals surface area contributed by atoms with Gasteiger partial charge in [-0.05, 0) is 29.5 Å². The standard InChI is InChI=1S/C12H16O3S.Na.H/c1-10(2)9-12-5-3-11(4-6-12)7-8-16(13,14)15;;/h3-8,10H,9H2,1-2H3,(H,13,14,15);;/q;+1;-1/b8-7+;;. The first-order valence-corrected chi connectivity index (χ1v) is 6.61. The van der Waals surface area contributed by atoms with E-state index in [0.717, 1.165) is 17.4 Å². The van der Waals surface area contributed by atoms with Crippen LogP contribution in [-0.2, 0) is 16.5 Å². The maximum atomic E-state index is 10.5. The van der Waals surface area contributed by atoms with Crippen LogP contribution in [-0.4, -0.2) is 13.0 Å². The van der Waals surface area contributed by atoms with Crippen LogP contribution in [0.1, 0.15) is 26.4 Å². The van der Waals surface area contributed by atoms with Crippen LogP contribution in [0.4, 0.5) is 0 Å². The molecule has 1 aromatic carbocycles. The molecule has 1 rings (SSSR count). The van der Waals surface area contributed by atoms with Gasteiger partial charge < -0.3 is 1.43 Å². The van der Waals surface area contributed by atoms with Crippen LogP contribution in [0.2, 0.25) is 0 Å². The van der Waals surface area contributed by atoms with Gasteiger partial charge in [-0.2, -0.15) is 8.42 Å². The SMILES string of the molecule is CC(C)Cc1ccc(/C=C/S(=O)(=O)O)cc1.[H-].[Na+]. The summed E-state index contributed by atoms with van der Waals surface area (Å²) in [7, 11) is -4.03.